The number of nitrogens with one attached hydrogen (secondary N) is 2. The summed E-state index contributed by atoms with van der Waals surface area (Å²) < 4.78 is 9.46. The second-order valence-electron chi connectivity index (χ2n) is 5.56. The van der Waals surface area contributed by atoms with Crippen LogP contribution in [0.5, 0.6) is 5.75 Å². The predicted molar refractivity (Wildman–Crippen MR) is 93.5 cm³/mol. The molecule has 5 nitrogen and oxygen atoms in total. The summed E-state index contributed by atoms with van der Waals surface area (Å²) in [4.78, 5) is 17.1. The van der Waals surface area contributed by atoms with E-state index in [1.54, 1.807) is 6.08 Å². The molecule has 0 fully saturated rings. The first-order chi connectivity index (χ1) is 11.2. The number of hydrogen-bond acceptors (Lipinski definition) is 4. The summed E-state index contributed by atoms with van der Waals surface area (Å²) >= 11 is -1.26. The van der Waals surface area contributed by atoms with Gasteiger partial charge in [0.1, 0.15) is 0 Å². The molecule has 0 aliphatic carbocycles. The number of aromatic amines is 1. The second-order valence-corrected chi connectivity index (χ2v) is 8.83. The van der Waals surface area contributed by atoms with E-state index in [2.05, 4.69) is 39.2 Å². The first-order valence-electron chi connectivity index (χ1n) is 8.03. The average molecular weight is 414 g/mol. The van der Waals surface area contributed by atoms with Crippen LogP contribution >= 0.6 is 0 Å². The number of ether oxygens (including phenoxy) is 1. The van der Waals surface area contributed by atoms with E-state index in [9.17, 15) is 4.79 Å². The number of fused-ring (bicyclic) bond motifs is 1. The van der Waals surface area contributed by atoms with Crippen LogP contribution in [0.2, 0.25) is 0 Å². The van der Waals surface area contributed by atoms with Crippen LogP contribution < -0.4 is 8.04 Å². The molecule has 0 saturated carbocycles. The molecule has 0 unspecified atom stereocenters. The molecule has 2 heterocycles. The van der Waals surface area contributed by atoms with E-state index in [-0.39, 0.29) is 0 Å². The van der Waals surface area contributed by atoms with Gasteiger partial charge >= 0.3 is 134 Å². The Morgan fingerprint density at radius 3 is 2.74 bits per heavy atom. The van der Waals surface area contributed by atoms with E-state index in [0.717, 1.165) is 47.7 Å². The summed E-state index contributed by atoms with van der Waals surface area (Å²) in [5, 5.41) is 1.13. The number of allylic oxidation sites excluding steroid dienone is 1. The topological polar surface area (TPSA) is 57.4 Å². The molecule has 1 aliphatic heterocycles. The first-order valence-corrected chi connectivity index (χ1v) is 11.3. The standard InChI is InChI=1S/C17H21N3O2.In/c1-3-20(4-2)8-10-22-14-6-5-13-11-17(15(18)7-9-21)19-16(13)12-14;/h5-7,11-12,18-19H,3-4,8,10H2,1-2H3;/q-1;+1. The zero-order chi connectivity index (χ0) is 16.2. The summed E-state index contributed by atoms with van der Waals surface area (Å²) in [6.07, 6.45) is 1.73. The molecule has 0 saturated heterocycles. The van der Waals surface area contributed by atoms with Crippen molar-refractivity contribution in [3.63, 3.8) is 0 Å². The third-order valence-electron chi connectivity index (χ3n) is 4.11. The van der Waals surface area contributed by atoms with E-state index >= 15 is 0 Å². The Balaban J connectivity index is 1.69. The predicted octanol–water partition coefficient (Wildman–Crippen LogP) is 1.98. The summed E-state index contributed by atoms with van der Waals surface area (Å²) in [5.74, 6) is 0.875. The fourth-order valence-electron chi connectivity index (χ4n) is 2.70. The van der Waals surface area contributed by atoms with Gasteiger partial charge < -0.3 is 0 Å². The van der Waals surface area contributed by atoms with Crippen LogP contribution in [-0.4, -0.2) is 62.9 Å². The molecule has 2 aromatic rings. The number of carbonyl (C=O) groups is 1. The van der Waals surface area contributed by atoms with Crippen molar-refractivity contribution < 1.29 is 9.53 Å². The van der Waals surface area contributed by atoms with Crippen molar-refractivity contribution in [2.75, 3.05) is 26.2 Å². The van der Waals surface area contributed by atoms with Crippen LogP contribution in [0.1, 0.15) is 19.5 Å². The zero-order valence-corrected chi connectivity index (χ0v) is 16.9. The summed E-state index contributed by atoms with van der Waals surface area (Å²) in [6.45, 7) is 8.04. The molecule has 0 amide bonds. The van der Waals surface area contributed by atoms with E-state index in [1.165, 1.54) is 0 Å². The van der Waals surface area contributed by atoms with Gasteiger partial charge in [0.2, 0.25) is 0 Å². The van der Waals surface area contributed by atoms with Crippen LogP contribution in [0.25, 0.3) is 16.6 Å². The van der Waals surface area contributed by atoms with E-state index in [1.807, 2.05) is 12.1 Å². The Morgan fingerprint density at radius 2 is 2.04 bits per heavy atom. The van der Waals surface area contributed by atoms with Crippen molar-refractivity contribution in [1.82, 2.24) is 13.2 Å². The van der Waals surface area contributed by atoms with Crippen molar-refractivity contribution >= 4 is 43.3 Å². The summed E-state index contributed by atoms with van der Waals surface area (Å²) in [5.41, 5.74) is 2.96. The molecule has 0 bridgehead atoms. The number of carbonyl (C=O) groups excluding carboxylic acids is 1. The molecular formula is C17H21InN3O2. The quantitative estimate of drug-likeness (QED) is 0.728. The molecule has 6 heteroatoms. The SMILES string of the molecule is CCN(CC)CCOc1ccc2cc(C3=C[C](=O)[In][NH]3)[nH]c2c1. The number of H-pyrrole nitrogens is 1. The maximum atomic E-state index is 11.4. The van der Waals surface area contributed by atoms with E-state index in [4.69, 9.17) is 4.74 Å². The molecule has 3 rings (SSSR count). The molecule has 1 aromatic heterocycles. The Labute approximate surface area is 147 Å². The Morgan fingerprint density at radius 1 is 1.22 bits per heavy atom. The second kappa shape index (κ2) is 7.45. The zero-order valence-electron chi connectivity index (χ0n) is 13.6. The van der Waals surface area contributed by atoms with Gasteiger partial charge in [-0.2, -0.15) is 0 Å². The van der Waals surface area contributed by atoms with Gasteiger partial charge in [0.25, 0.3) is 0 Å². The number of rotatable bonds is 7. The van der Waals surface area contributed by atoms with Gasteiger partial charge in [0.05, 0.1) is 0 Å². The molecular weight excluding hydrogens is 393 g/mol. The van der Waals surface area contributed by atoms with Crippen LogP contribution in [0.3, 0.4) is 0 Å². The van der Waals surface area contributed by atoms with Gasteiger partial charge in [-0.15, -0.1) is 0 Å². The van der Waals surface area contributed by atoms with Crippen molar-refractivity contribution in [1.29, 1.82) is 0 Å². The number of aromatic nitrogens is 1. The number of nitrogens with zero attached hydrogens (tertiary/aromatic N) is 1. The Hall–Kier alpha value is -1.40. The molecule has 23 heavy (non-hydrogen) atoms. The normalized spacial score (nSPS) is 14.0. The monoisotopic (exact) mass is 414 g/mol. The van der Waals surface area contributed by atoms with E-state index in [0.29, 0.717) is 10.1 Å². The molecule has 1 radical (unpaired) electrons. The first kappa shape index (κ1) is 16.5. The van der Waals surface area contributed by atoms with Crippen LogP contribution in [-0.2, 0) is 4.79 Å². The maximum absolute atomic E-state index is 11.4. The Kier molecular flexibility index (Phi) is 5.33. The number of likely N-dealkylation sites (N-methyl/N-ethyl adjacent to an activating group) is 1. The third kappa shape index (κ3) is 3.93. The minimum absolute atomic E-state index is 0.300. The minimum atomic E-state index is -1.26. The van der Waals surface area contributed by atoms with Crippen molar-refractivity contribution in [2.24, 2.45) is 0 Å². The summed E-state index contributed by atoms with van der Waals surface area (Å²) in [7, 11) is 0. The van der Waals surface area contributed by atoms with Gasteiger partial charge in [0, 0.05) is 0 Å². The van der Waals surface area contributed by atoms with Crippen molar-refractivity contribution in [2.45, 2.75) is 13.8 Å². The van der Waals surface area contributed by atoms with E-state index < -0.39 is 23.2 Å². The van der Waals surface area contributed by atoms with Gasteiger partial charge in [0.15, 0.2) is 0 Å². The molecule has 1 aliphatic rings. The third-order valence-corrected chi connectivity index (χ3v) is 6.70. The fourth-order valence-corrected chi connectivity index (χ4v) is 4.95. The number of hydrogen-bond donors (Lipinski definition) is 2. The van der Waals surface area contributed by atoms with Crippen LogP contribution in [0.4, 0.5) is 0 Å². The fraction of sp³-hybridized carbons (Fsp3) is 0.353. The summed E-state index contributed by atoms with van der Waals surface area (Å²) in [6, 6.07) is 8.16. The average Bonchev–Trinajstić information content (AvgIpc) is 3.17. The number of benzene rings is 1. The van der Waals surface area contributed by atoms with Crippen LogP contribution in [0.15, 0.2) is 30.3 Å². The van der Waals surface area contributed by atoms with Gasteiger partial charge in [-0.3, -0.25) is 0 Å². The van der Waals surface area contributed by atoms with Gasteiger partial charge in [-0.05, 0) is 0 Å². The molecule has 1 aromatic carbocycles. The molecule has 2 N–H and O–H groups in total. The Bertz CT molecular complexity index is 735. The van der Waals surface area contributed by atoms with Crippen LogP contribution in [0, 0.1) is 0 Å². The van der Waals surface area contributed by atoms with Crippen molar-refractivity contribution in [3.05, 3.63) is 36.0 Å². The van der Waals surface area contributed by atoms with Gasteiger partial charge in [-0.1, -0.05) is 13.8 Å². The van der Waals surface area contributed by atoms with Crippen molar-refractivity contribution in [3.8, 4) is 5.75 Å². The molecule has 0 atom stereocenters. The van der Waals surface area contributed by atoms with Gasteiger partial charge in [-0.25, -0.2) is 0 Å². The molecule has 119 valence electrons. The molecule has 0 spiro atoms.